The van der Waals surface area contributed by atoms with Gasteiger partial charge >= 0.3 is 0 Å². The first-order valence-corrected chi connectivity index (χ1v) is 8.62. The molecule has 3 rings (SSSR count). The molecule has 120 valence electrons. The SMILES string of the molecule is CC(C)C(=O)N1CCC(N2CC(N3CCNCC3)C2)CC1. The average Bonchev–Trinajstić information content (AvgIpc) is 2.47. The van der Waals surface area contributed by atoms with Gasteiger partial charge in [0.05, 0.1) is 0 Å². The van der Waals surface area contributed by atoms with E-state index in [0.717, 1.165) is 45.1 Å². The second-order valence-electron chi connectivity index (χ2n) is 7.10. The molecular formula is C16H30N4O. The number of carbonyl (C=O) groups is 1. The number of nitrogens with one attached hydrogen (secondary N) is 1. The number of carbonyl (C=O) groups excluding carboxylic acids is 1. The molecule has 3 heterocycles. The number of amides is 1. The molecule has 3 saturated heterocycles. The Kier molecular flexibility index (Phi) is 4.82. The number of rotatable bonds is 3. The van der Waals surface area contributed by atoms with Gasteiger partial charge in [-0.3, -0.25) is 14.6 Å². The summed E-state index contributed by atoms with van der Waals surface area (Å²) in [4.78, 5) is 19.4. The summed E-state index contributed by atoms with van der Waals surface area (Å²) < 4.78 is 0. The van der Waals surface area contributed by atoms with E-state index >= 15 is 0 Å². The van der Waals surface area contributed by atoms with Crippen LogP contribution in [-0.4, -0.2) is 85.0 Å². The van der Waals surface area contributed by atoms with E-state index in [0.29, 0.717) is 11.9 Å². The minimum Gasteiger partial charge on any atom is -0.342 e. The van der Waals surface area contributed by atoms with Crippen LogP contribution in [-0.2, 0) is 4.79 Å². The first-order valence-electron chi connectivity index (χ1n) is 8.62. The Labute approximate surface area is 128 Å². The minimum absolute atomic E-state index is 0.141. The number of nitrogens with zero attached hydrogens (tertiary/aromatic N) is 3. The summed E-state index contributed by atoms with van der Waals surface area (Å²) in [5, 5.41) is 3.42. The molecule has 0 spiro atoms. The first kappa shape index (κ1) is 15.3. The highest BCUT2D eigenvalue weighted by atomic mass is 16.2. The molecule has 1 N–H and O–H groups in total. The third kappa shape index (κ3) is 3.41. The van der Waals surface area contributed by atoms with Gasteiger partial charge in [-0.25, -0.2) is 0 Å². The maximum Gasteiger partial charge on any atom is 0.225 e. The van der Waals surface area contributed by atoms with E-state index in [9.17, 15) is 4.79 Å². The molecule has 0 aromatic heterocycles. The highest BCUT2D eigenvalue weighted by molar-refractivity contribution is 5.78. The molecule has 0 atom stereocenters. The van der Waals surface area contributed by atoms with Gasteiger partial charge in [0.2, 0.25) is 5.91 Å². The molecule has 0 bridgehead atoms. The Morgan fingerprint density at radius 2 is 1.57 bits per heavy atom. The van der Waals surface area contributed by atoms with Crippen LogP contribution in [0.5, 0.6) is 0 Å². The van der Waals surface area contributed by atoms with Gasteiger partial charge in [0.25, 0.3) is 0 Å². The Bertz CT molecular complexity index is 353. The Morgan fingerprint density at radius 1 is 0.952 bits per heavy atom. The zero-order chi connectivity index (χ0) is 14.8. The topological polar surface area (TPSA) is 38.8 Å². The van der Waals surface area contributed by atoms with Crippen molar-refractivity contribution in [3.05, 3.63) is 0 Å². The molecule has 0 saturated carbocycles. The number of likely N-dealkylation sites (tertiary alicyclic amines) is 2. The van der Waals surface area contributed by atoms with E-state index in [1.54, 1.807) is 0 Å². The molecule has 3 aliphatic heterocycles. The van der Waals surface area contributed by atoms with Crippen LogP contribution in [0.4, 0.5) is 0 Å². The van der Waals surface area contributed by atoms with E-state index in [-0.39, 0.29) is 5.92 Å². The molecule has 5 nitrogen and oxygen atoms in total. The highest BCUT2D eigenvalue weighted by Gasteiger charge is 2.37. The normalized spacial score (nSPS) is 27.1. The fraction of sp³-hybridized carbons (Fsp3) is 0.938. The van der Waals surface area contributed by atoms with Gasteiger partial charge in [-0.1, -0.05) is 13.8 Å². The van der Waals surface area contributed by atoms with Crippen molar-refractivity contribution < 1.29 is 4.79 Å². The molecule has 0 aromatic rings. The van der Waals surface area contributed by atoms with E-state index < -0.39 is 0 Å². The number of hydrogen-bond donors (Lipinski definition) is 1. The van der Waals surface area contributed by atoms with Gasteiger partial charge in [-0.2, -0.15) is 0 Å². The number of piperazine rings is 1. The molecule has 3 fully saturated rings. The predicted molar refractivity (Wildman–Crippen MR) is 84.2 cm³/mol. The van der Waals surface area contributed by atoms with E-state index in [1.165, 1.54) is 26.2 Å². The van der Waals surface area contributed by atoms with Gasteiger partial charge in [0.15, 0.2) is 0 Å². The van der Waals surface area contributed by atoms with Crippen molar-refractivity contribution in [2.75, 3.05) is 52.4 Å². The van der Waals surface area contributed by atoms with Crippen LogP contribution in [0.2, 0.25) is 0 Å². The van der Waals surface area contributed by atoms with Gasteiger partial charge in [0.1, 0.15) is 0 Å². The van der Waals surface area contributed by atoms with E-state index in [2.05, 4.69) is 20.0 Å². The summed E-state index contributed by atoms with van der Waals surface area (Å²) >= 11 is 0. The molecule has 0 radical (unpaired) electrons. The number of hydrogen-bond acceptors (Lipinski definition) is 4. The van der Waals surface area contributed by atoms with Gasteiger partial charge in [-0.05, 0) is 12.8 Å². The molecule has 0 aromatic carbocycles. The summed E-state index contributed by atoms with van der Waals surface area (Å²) in [6.07, 6.45) is 2.32. The van der Waals surface area contributed by atoms with Crippen molar-refractivity contribution in [1.82, 2.24) is 20.0 Å². The fourth-order valence-corrected chi connectivity index (χ4v) is 3.88. The zero-order valence-corrected chi connectivity index (χ0v) is 13.6. The first-order chi connectivity index (χ1) is 10.1. The van der Waals surface area contributed by atoms with E-state index in [4.69, 9.17) is 0 Å². The van der Waals surface area contributed by atoms with Crippen molar-refractivity contribution in [3.63, 3.8) is 0 Å². The van der Waals surface area contributed by atoms with Gasteiger partial charge < -0.3 is 10.2 Å². The van der Waals surface area contributed by atoms with E-state index in [1.807, 2.05) is 13.8 Å². The van der Waals surface area contributed by atoms with Crippen LogP contribution in [0.3, 0.4) is 0 Å². The summed E-state index contributed by atoms with van der Waals surface area (Å²) in [7, 11) is 0. The van der Waals surface area contributed by atoms with Crippen molar-refractivity contribution >= 4 is 5.91 Å². The second-order valence-corrected chi connectivity index (χ2v) is 7.10. The summed E-state index contributed by atoms with van der Waals surface area (Å²) in [5.74, 6) is 0.471. The largest absolute Gasteiger partial charge is 0.342 e. The van der Waals surface area contributed by atoms with Crippen molar-refractivity contribution in [2.45, 2.75) is 38.8 Å². The highest BCUT2D eigenvalue weighted by Crippen LogP contribution is 2.25. The molecule has 0 aliphatic carbocycles. The zero-order valence-electron chi connectivity index (χ0n) is 13.6. The predicted octanol–water partition coefficient (Wildman–Crippen LogP) is 0.223. The van der Waals surface area contributed by atoms with Crippen molar-refractivity contribution in [1.29, 1.82) is 0 Å². The lowest BCUT2D eigenvalue weighted by molar-refractivity contribution is -0.136. The Morgan fingerprint density at radius 3 is 2.14 bits per heavy atom. The van der Waals surface area contributed by atoms with Crippen molar-refractivity contribution in [2.24, 2.45) is 5.92 Å². The maximum atomic E-state index is 12.0. The average molecular weight is 294 g/mol. The van der Waals surface area contributed by atoms with Crippen LogP contribution in [0.25, 0.3) is 0 Å². The van der Waals surface area contributed by atoms with Gasteiger partial charge in [0, 0.05) is 70.4 Å². The quantitative estimate of drug-likeness (QED) is 0.808. The molecule has 21 heavy (non-hydrogen) atoms. The third-order valence-electron chi connectivity index (χ3n) is 5.34. The lowest BCUT2D eigenvalue weighted by Crippen LogP contribution is -2.65. The van der Waals surface area contributed by atoms with Crippen molar-refractivity contribution in [3.8, 4) is 0 Å². The molecule has 0 unspecified atom stereocenters. The third-order valence-corrected chi connectivity index (χ3v) is 5.34. The summed E-state index contributed by atoms with van der Waals surface area (Å²) in [6.45, 7) is 13.1. The molecular weight excluding hydrogens is 264 g/mol. The monoisotopic (exact) mass is 294 g/mol. The van der Waals surface area contributed by atoms with Crippen LogP contribution in [0, 0.1) is 5.92 Å². The summed E-state index contributed by atoms with van der Waals surface area (Å²) in [5.41, 5.74) is 0. The Balaban J connectivity index is 1.39. The smallest absolute Gasteiger partial charge is 0.225 e. The standard InChI is InChI=1S/C16H30N4O/c1-13(2)16(21)19-7-3-14(4-8-19)20-11-15(12-20)18-9-5-17-6-10-18/h13-15,17H,3-12H2,1-2H3. The molecule has 5 heteroatoms. The fourth-order valence-electron chi connectivity index (χ4n) is 3.88. The summed E-state index contributed by atoms with van der Waals surface area (Å²) in [6, 6.07) is 1.49. The minimum atomic E-state index is 0.141. The second kappa shape index (κ2) is 6.63. The lowest BCUT2D eigenvalue weighted by Gasteiger charge is -2.51. The molecule has 3 aliphatic rings. The molecule has 1 amide bonds. The maximum absolute atomic E-state index is 12.0. The van der Waals surface area contributed by atoms with Crippen LogP contribution in [0.15, 0.2) is 0 Å². The van der Waals surface area contributed by atoms with Crippen LogP contribution < -0.4 is 5.32 Å². The lowest BCUT2D eigenvalue weighted by atomic mass is 9.96. The van der Waals surface area contributed by atoms with Crippen LogP contribution in [0.1, 0.15) is 26.7 Å². The number of piperidine rings is 1. The van der Waals surface area contributed by atoms with Crippen LogP contribution >= 0.6 is 0 Å². The van der Waals surface area contributed by atoms with Gasteiger partial charge in [-0.15, -0.1) is 0 Å². The Hall–Kier alpha value is -0.650.